The molecular formula is C13H26N2O2. The lowest BCUT2D eigenvalue weighted by Crippen LogP contribution is -2.38. The van der Waals surface area contributed by atoms with Gasteiger partial charge in [0.15, 0.2) is 0 Å². The van der Waals surface area contributed by atoms with Crippen molar-refractivity contribution in [3.05, 3.63) is 0 Å². The normalized spacial score (nSPS) is 24.9. The summed E-state index contributed by atoms with van der Waals surface area (Å²) < 4.78 is 0. The Morgan fingerprint density at radius 1 is 1.35 bits per heavy atom. The van der Waals surface area contributed by atoms with Gasteiger partial charge in [0.1, 0.15) is 0 Å². The van der Waals surface area contributed by atoms with Gasteiger partial charge in [-0.3, -0.25) is 4.79 Å². The molecule has 0 spiro atoms. The number of hydrogen-bond donors (Lipinski definition) is 2. The molecule has 100 valence electrons. The average molecular weight is 242 g/mol. The van der Waals surface area contributed by atoms with Crippen LogP contribution in [0.25, 0.3) is 0 Å². The van der Waals surface area contributed by atoms with E-state index in [-0.39, 0.29) is 5.91 Å². The van der Waals surface area contributed by atoms with E-state index in [2.05, 4.69) is 17.3 Å². The highest BCUT2D eigenvalue weighted by atomic mass is 16.3. The van der Waals surface area contributed by atoms with Gasteiger partial charge in [-0.1, -0.05) is 0 Å². The Morgan fingerprint density at radius 3 is 2.53 bits per heavy atom. The lowest BCUT2D eigenvalue weighted by atomic mass is 9.86. The zero-order valence-electron chi connectivity index (χ0n) is 11.1. The first-order valence-electron chi connectivity index (χ1n) is 6.75. The Balaban J connectivity index is 2.20. The van der Waals surface area contributed by atoms with Gasteiger partial charge in [-0.15, -0.1) is 0 Å². The van der Waals surface area contributed by atoms with Crippen LogP contribution < -0.4 is 5.32 Å². The number of amides is 1. The highest BCUT2D eigenvalue weighted by molar-refractivity contribution is 5.75. The third kappa shape index (κ3) is 5.04. The molecule has 1 amide bonds. The molecule has 4 nitrogen and oxygen atoms in total. The molecule has 1 aliphatic carbocycles. The van der Waals surface area contributed by atoms with Crippen LogP contribution in [0, 0.1) is 5.92 Å². The molecule has 1 saturated carbocycles. The molecule has 17 heavy (non-hydrogen) atoms. The third-order valence-electron chi connectivity index (χ3n) is 3.76. The first-order valence-corrected chi connectivity index (χ1v) is 6.75. The number of nitrogens with one attached hydrogen (secondary N) is 1. The summed E-state index contributed by atoms with van der Waals surface area (Å²) in [4.78, 5) is 13.7. The summed E-state index contributed by atoms with van der Waals surface area (Å²) >= 11 is 0. The molecule has 1 fully saturated rings. The third-order valence-corrected chi connectivity index (χ3v) is 3.76. The molecule has 0 saturated heterocycles. The van der Waals surface area contributed by atoms with Crippen molar-refractivity contribution in [1.29, 1.82) is 0 Å². The van der Waals surface area contributed by atoms with E-state index in [9.17, 15) is 4.79 Å². The fraction of sp³-hybridized carbons (Fsp3) is 0.923. The number of carbonyl (C=O) groups excluding carboxylic acids is 1. The van der Waals surface area contributed by atoms with E-state index in [4.69, 9.17) is 5.11 Å². The molecule has 2 N–H and O–H groups in total. The van der Waals surface area contributed by atoms with Crippen molar-refractivity contribution in [3.63, 3.8) is 0 Å². The molecule has 0 bridgehead atoms. The van der Waals surface area contributed by atoms with Crippen LogP contribution >= 0.6 is 0 Å². The molecule has 0 aliphatic heterocycles. The summed E-state index contributed by atoms with van der Waals surface area (Å²) in [5.74, 6) is 0.645. The Kier molecular flexibility index (Phi) is 6.52. The van der Waals surface area contributed by atoms with E-state index in [0.29, 0.717) is 31.5 Å². The van der Waals surface area contributed by atoms with Gasteiger partial charge >= 0.3 is 0 Å². The molecule has 0 aromatic carbocycles. The summed E-state index contributed by atoms with van der Waals surface area (Å²) in [6.45, 7) is 3.82. The van der Waals surface area contributed by atoms with Crippen LogP contribution in [0.15, 0.2) is 0 Å². The minimum atomic E-state index is 0.142. The Labute approximate surface area is 104 Å². The maximum atomic E-state index is 11.4. The van der Waals surface area contributed by atoms with Crippen LogP contribution in [-0.2, 0) is 4.79 Å². The summed E-state index contributed by atoms with van der Waals surface area (Å²) in [6, 6.07) is 0.590. The van der Waals surface area contributed by atoms with Gasteiger partial charge in [-0.2, -0.15) is 0 Å². The number of aliphatic hydroxyl groups excluding tert-OH is 1. The minimum absolute atomic E-state index is 0.142. The summed E-state index contributed by atoms with van der Waals surface area (Å²) in [7, 11) is 2.10. The van der Waals surface area contributed by atoms with E-state index in [1.54, 1.807) is 0 Å². The van der Waals surface area contributed by atoms with Crippen molar-refractivity contribution in [2.24, 2.45) is 5.92 Å². The van der Waals surface area contributed by atoms with E-state index in [1.165, 1.54) is 0 Å². The van der Waals surface area contributed by atoms with Crippen LogP contribution in [0.3, 0.4) is 0 Å². The maximum Gasteiger partial charge on any atom is 0.221 e. The van der Waals surface area contributed by atoms with Crippen molar-refractivity contribution in [2.45, 2.75) is 45.1 Å². The fourth-order valence-corrected chi connectivity index (χ4v) is 2.51. The van der Waals surface area contributed by atoms with Gasteiger partial charge in [0, 0.05) is 32.2 Å². The van der Waals surface area contributed by atoms with Crippen molar-refractivity contribution in [3.8, 4) is 0 Å². The van der Waals surface area contributed by atoms with Crippen molar-refractivity contribution >= 4 is 5.91 Å². The highest BCUT2D eigenvalue weighted by Gasteiger charge is 2.23. The van der Waals surface area contributed by atoms with Crippen LogP contribution in [0.5, 0.6) is 0 Å². The zero-order chi connectivity index (χ0) is 12.7. The molecule has 1 aliphatic rings. The number of nitrogens with zero attached hydrogens (tertiary/aromatic N) is 1. The molecule has 0 unspecified atom stereocenters. The minimum Gasteiger partial charge on any atom is -0.396 e. The second-order valence-electron chi connectivity index (χ2n) is 5.04. The van der Waals surface area contributed by atoms with Gasteiger partial charge in [0.2, 0.25) is 5.91 Å². The van der Waals surface area contributed by atoms with Crippen LogP contribution in [-0.4, -0.2) is 48.7 Å². The highest BCUT2D eigenvalue weighted by Crippen LogP contribution is 2.26. The predicted octanol–water partition coefficient (Wildman–Crippen LogP) is 0.995. The Morgan fingerprint density at radius 2 is 2.00 bits per heavy atom. The molecule has 0 aromatic rings. The Bertz CT molecular complexity index is 225. The van der Waals surface area contributed by atoms with E-state index >= 15 is 0 Å². The van der Waals surface area contributed by atoms with E-state index in [0.717, 1.165) is 32.2 Å². The summed E-state index contributed by atoms with van der Waals surface area (Å²) in [5, 5.41) is 11.9. The van der Waals surface area contributed by atoms with Crippen LogP contribution in [0.2, 0.25) is 0 Å². The van der Waals surface area contributed by atoms with Gasteiger partial charge in [0.25, 0.3) is 0 Å². The van der Waals surface area contributed by atoms with Crippen molar-refractivity contribution < 1.29 is 9.90 Å². The lowest BCUT2D eigenvalue weighted by molar-refractivity contribution is -0.121. The first kappa shape index (κ1) is 14.5. The zero-order valence-corrected chi connectivity index (χ0v) is 11.1. The Hall–Kier alpha value is -0.610. The monoisotopic (exact) mass is 242 g/mol. The number of hydrogen-bond acceptors (Lipinski definition) is 3. The quantitative estimate of drug-likeness (QED) is 0.730. The lowest BCUT2D eigenvalue weighted by Gasteiger charge is -2.34. The first-order chi connectivity index (χ1) is 8.17. The van der Waals surface area contributed by atoms with Gasteiger partial charge in [-0.25, -0.2) is 0 Å². The SMILES string of the molecule is CCNC(=O)CCN(C)C1CCC(CO)CC1. The van der Waals surface area contributed by atoms with Gasteiger partial charge < -0.3 is 15.3 Å². The number of aliphatic hydroxyl groups is 1. The van der Waals surface area contributed by atoms with Gasteiger partial charge in [0.05, 0.1) is 0 Å². The molecule has 0 atom stereocenters. The second-order valence-corrected chi connectivity index (χ2v) is 5.04. The topological polar surface area (TPSA) is 52.6 Å². The van der Waals surface area contributed by atoms with Gasteiger partial charge in [-0.05, 0) is 45.6 Å². The molecule has 4 heteroatoms. The number of carbonyl (C=O) groups is 1. The molecule has 1 rings (SSSR count). The van der Waals surface area contributed by atoms with E-state index < -0.39 is 0 Å². The second kappa shape index (κ2) is 7.67. The smallest absolute Gasteiger partial charge is 0.221 e. The maximum absolute atomic E-state index is 11.4. The number of rotatable bonds is 6. The molecular weight excluding hydrogens is 216 g/mol. The molecule has 0 heterocycles. The summed E-state index contributed by atoms with van der Waals surface area (Å²) in [6.07, 6.45) is 5.12. The average Bonchev–Trinajstić information content (AvgIpc) is 2.36. The van der Waals surface area contributed by atoms with Crippen LogP contribution in [0.4, 0.5) is 0 Å². The summed E-state index contributed by atoms with van der Waals surface area (Å²) in [5.41, 5.74) is 0. The molecule has 0 radical (unpaired) electrons. The standard InChI is InChI=1S/C13H26N2O2/c1-3-14-13(17)8-9-15(2)12-6-4-11(10-16)5-7-12/h11-12,16H,3-10H2,1-2H3,(H,14,17). The van der Waals surface area contributed by atoms with Crippen molar-refractivity contribution in [1.82, 2.24) is 10.2 Å². The largest absolute Gasteiger partial charge is 0.396 e. The molecule has 0 aromatic heterocycles. The fourth-order valence-electron chi connectivity index (χ4n) is 2.51. The van der Waals surface area contributed by atoms with E-state index in [1.807, 2.05) is 6.92 Å². The van der Waals surface area contributed by atoms with Crippen molar-refractivity contribution in [2.75, 3.05) is 26.7 Å². The predicted molar refractivity (Wildman–Crippen MR) is 68.8 cm³/mol. The van der Waals surface area contributed by atoms with Crippen LogP contribution in [0.1, 0.15) is 39.0 Å².